The molecule has 0 saturated carbocycles. The van der Waals surface area contributed by atoms with Crippen LogP contribution in [0.15, 0.2) is 65.3 Å². The summed E-state index contributed by atoms with van der Waals surface area (Å²) in [5.41, 5.74) is 6.34. The van der Waals surface area contributed by atoms with E-state index in [-0.39, 0.29) is 0 Å². The molecule has 0 aliphatic heterocycles. The molecular formula is C26H28N4O2. The Balaban J connectivity index is 1.64. The third-order valence-corrected chi connectivity index (χ3v) is 5.22. The van der Waals surface area contributed by atoms with Gasteiger partial charge in [-0.05, 0) is 59.4 Å². The van der Waals surface area contributed by atoms with Crippen LogP contribution in [0, 0.1) is 12.8 Å². The van der Waals surface area contributed by atoms with Gasteiger partial charge >= 0.3 is 0 Å². The number of benzene rings is 2. The molecule has 0 spiro atoms. The number of nitrogens with zero attached hydrogens (tertiary/aromatic N) is 3. The molecule has 2 heterocycles. The molecule has 164 valence electrons. The fraction of sp³-hybridized carbons (Fsp3) is 0.269. The normalized spacial score (nSPS) is 11.2. The van der Waals surface area contributed by atoms with Crippen LogP contribution in [-0.4, -0.2) is 28.8 Å². The summed E-state index contributed by atoms with van der Waals surface area (Å²) in [6.45, 7) is 7.77. The van der Waals surface area contributed by atoms with Crippen molar-refractivity contribution in [2.75, 3.05) is 19.0 Å². The van der Waals surface area contributed by atoms with Gasteiger partial charge in [0.15, 0.2) is 0 Å². The van der Waals surface area contributed by atoms with E-state index in [4.69, 9.17) is 9.26 Å². The van der Waals surface area contributed by atoms with E-state index in [1.54, 1.807) is 13.3 Å². The van der Waals surface area contributed by atoms with E-state index in [1.165, 1.54) is 11.1 Å². The molecule has 6 heteroatoms. The third-order valence-electron chi connectivity index (χ3n) is 5.22. The first-order valence-corrected chi connectivity index (χ1v) is 10.8. The molecule has 0 amide bonds. The molecule has 0 fully saturated rings. The van der Waals surface area contributed by atoms with Crippen molar-refractivity contribution in [3.63, 3.8) is 0 Å². The lowest BCUT2D eigenvalue weighted by Gasteiger charge is -2.12. The SMILES string of the molecule is COCc1cc(-c2nc(-c3ccnc(NCC(C)C)c3)no2)ccc1-c1ccccc1C. The minimum Gasteiger partial charge on any atom is -0.380 e. The van der Waals surface area contributed by atoms with E-state index in [0.29, 0.717) is 24.2 Å². The summed E-state index contributed by atoms with van der Waals surface area (Å²) in [5, 5.41) is 7.53. The van der Waals surface area contributed by atoms with Crippen LogP contribution in [0.1, 0.15) is 25.0 Å². The number of aryl methyl sites for hydroxylation is 1. The van der Waals surface area contributed by atoms with Crippen LogP contribution < -0.4 is 5.32 Å². The Morgan fingerprint density at radius 2 is 1.84 bits per heavy atom. The highest BCUT2D eigenvalue weighted by molar-refractivity contribution is 5.74. The monoisotopic (exact) mass is 428 g/mol. The first-order valence-electron chi connectivity index (χ1n) is 10.8. The highest BCUT2D eigenvalue weighted by atomic mass is 16.5. The zero-order valence-corrected chi connectivity index (χ0v) is 18.9. The molecular weight excluding hydrogens is 400 g/mol. The van der Waals surface area contributed by atoms with Gasteiger partial charge in [-0.2, -0.15) is 4.98 Å². The van der Waals surface area contributed by atoms with Crippen molar-refractivity contribution in [2.24, 2.45) is 5.92 Å². The standard InChI is InChI=1S/C26H28N4O2/c1-17(2)15-28-24-14-19(11-12-27-24)25-29-26(32-30-25)20-9-10-23(21(13-20)16-31-4)22-8-6-5-7-18(22)3/h5-14,17H,15-16H2,1-4H3,(H,27,28). The Morgan fingerprint density at radius 1 is 1.00 bits per heavy atom. The van der Waals surface area contributed by atoms with E-state index in [2.05, 4.69) is 71.5 Å². The topological polar surface area (TPSA) is 73.1 Å². The molecule has 0 aliphatic rings. The van der Waals surface area contributed by atoms with Gasteiger partial charge in [0.05, 0.1) is 6.61 Å². The number of pyridine rings is 1. The number of aromatic nitrogens is 3. The second-order valence-corrected chi connectivity index (χ2v) is 8.25. The Kier molecular flexibility index (Phi) is 6.61. The van der Waals surface area contributed by atoms with Crippen LogP contribution in [0.2, 0.25) is 0 Å². The molecule has 4 aromatic rings. The zero-order chi connectivity index (χ0) is 22.5. The van der Waals surface area contributed by atoms with Gasteiger partial charge in [-0.15, -0.1) is 0 Å². The van der Waals surface area contributed by atoms with Gasteiger partial charge < -0.3 is 14.6 Å². The fourth-order valence-corrected chi connectivity index (χ4v) is 3.57. The second kappa shape index (κ2) is 9.75. The van der Waals surface area contributed by atoms with E-state index in [9.17, 15) is 0 Å². The number of anilines is 1. The van der Waals surface area contributed by atoms with Crippen LogP contribution in [-0.2, 0) is 11.3 Å². The van der Waals surface area contributed by atoms with Crippen molar-refractivity contribution < 1.29 is 9.26 Å². The summed E-state index contributed by atoms with van der Waals surface area (Å²) in [4.78, 5) is 9.00. The summed E-state index contributed by atoms with van der Waals surface area (Å²) in [6.07, 6.45) is 1.75. The molecule has 0 atom stereocenters. The van der Waals surface area contributed by atoms with Gasteiger partial charge in [-0.25, -0.2) is 4.98 Å². The molecule has 0 saturated heterocycles. The van der Waals surface area contributed by atoms with Gasteiger partial charge in [0.2, 0.25) is 5.82 Å². The maximum Gasteiger partial charge on any atom is 0.258 e. The Hall–Kier alpha value is -3.51. The molecule has 2 aromatic carbocycles. The predicted molar refractivity (Wildman–Crippen MR) is 127 cm³/mol. The zero-order valence-electron chi connectivity index (χ0n) is 18.9. The van der Waals surface area contributed by atoms with Crippen LogP contribution >= 0.6 is 0 Å². The lowest BCUT2D eigenvalue weighted by atomic mass is 9.94. The van der Waals surface area contributed by atoms with Crippen LogP contribution in [0.3, 0.4) is 0 Å². The first-order chi connectivity index (χ1) is 15.5. The van der Waals surface area contributed by atoms with E-state index < -0.39 is 0 Å². The summed E-state index contributed by atoms with van der Waals surface area (Å²) in [7, 11) is 1.70. The van der Waals surface area contributed by atoms with Crippen molar-refractivity contribution in [3.05, 3.63) is 71.9 Å². The molecule has 0 bridgehead atoms. The van der Waals surface area contributed by atoms with Crippen LogP contribution in [0.4, 0.5) is 5.82 Å². The van der Waals surface area contributed by atoms with Crippen molar-refractivity contribution in [1.82, 2.24) is 15.1 Å². The molecule has 0 aliphatic carbocycles. The van der Waals surface area contributed by atoms with Crippen LogP contribution in [0.25, 0.3) is 34.0 Å². The lowest BCUT2D eigenvalue weighted by molar-refractivity contribution is 0.185. The molecule has 6 nitrogen and oxygen atoms in total. The minimum atomic E-state index is 0.474. The number of methoxy groups -OCH3 is 1. The number of hydrogen-bond acceptors (Lipinski definition) is 6. The van der Waals surface area contributed by atoms with Crippen molar-refractivity contribution in [1.29, 1.82) is 0 Å². The van der Waals surface area contributed by atoms with E-state index in [1.807, 2.05) is 24.3 Å². The Morgan fingerprint density at radius 3 is 2.62 bits per heavy atom. The van der Waals surface area contributed by atoms with Crippen LogP contribution in [0.5, 0.6) is 0 Å². The minimum absolute atomic E-state index is 0.474. The van der Waals surface area contributed by atoms with Gasteiger partial charge in [-0.3, -0.25) is 0 Å². The van der Waals surface area contributed by atoms with Crippen molar-refractivity contribution >= 4 is 5.82 Å². The van der Waals surface area contributed by atoms with E-state index >= 15 is 0 Å². The molecule has 0 radical (unpaired) electrons. The third kappa shape index (κ3) is 4.86. The largest absolute Gasteiger partial charge is 0.380 e. The van der Waals surface area contributed by atoms with Gasteiger partial charge in [-0.1, -0.05) is 49.3 Å². The number of hydrogen-bond donors (Lipinski definition) is 1. The average Bonchev–Trinajstić information content (AvgIpc) is 3.29. The predicted octanol–water partition coefficient (Wildman–Crippen LogP) is 5.99. The van der Waals surface area contributed by atoms with Gasteiger partial charge in [0.1, 0.15) is 5.82 Å². The van der Waals surface area contributed by atoms with E-state index in [0.717, 1.165) is 34.6 Å². The summed E-state index contributed by atoms with van der Waals surface area (Å²) >= 11 is 0. The number of rotatable bonds is 8. The molecule has 4 rings (SSSR count). The summed E-state index contributed by atoms with van der Waals surface area (Å²) < 4.78 is 11.1. The van der Waals surface area contributed by atoms with Gasteiger partial charge in [0, 0.05) is 31.0 Å². The molecule has 1 N–H and O–H groups in total. The Bertz CT molecular complexity index is 1200. The van der Waals surface area contributed by atoms with Crippen molar-refractivity contribution in [3.8, 4) is 34.0 Å². The molecule has 2 aromatic heterocycles. The molecule has 32 heavy (non-hydrogen) atoms. The first kappa shape index (κ1) is 21.7. The summed E-state index contributed by atoms with van der Waals surface area (Å²) in [6, 6.07) is 18.3. The number of ether oxygens (including phenoxy) is 1. The second-order valence-electron chi connectivity index (χ2n) is 8.25. The lowest BCUT2D eigenvalue weighted by Crippen LogP contribution is -2.08. The quantitative estimate of drug-likeness (QED) is 0.372. The van der Waals surface area contributed by atoms with Crippen molar-refractivity contribution in [2.45, 2.75) is 27.4 Å². The highest BCUT2D eigenvalue weighted by Crippen LogP contribution is 2.31. The molecule has 0 unspecified atom stereocenters. The fourth-order valence-electron chi connectivity index (χ4n) is 3.57. The maximum atomic E-state index is 5.60. The summed E-state index contributed by atoms with van der Waals surface area (Å²) in [5.74, 6) is 2.34. The average molecular weight is 429 g/mol. The Labute approximate surface area is 188 Å². The highest BCUT2D eigenvalue weighted by Gasteiger charge is 2.15. The smallest absolute Gasteiger partial charge is 0.258 e. The van der Waals surface area contributed by atoms with Gasteiger partial charge in [0.25, 0.3) is 5.89 Å². The maximum absolute atomic E-state index is 5.60. The number of nitrogens with one attached hydrogen (secondary N) is 1.